The Morgan fingerprint density at radius 3 is 2.78 bits per heavy atom. The van der Waals surface area contributed by atoms with Crippen LogP contribution in [0.4, 0.5) is 5.69 Å². The number of nitrogens with one attached hydrogen (secondary N) is 1. The first kappa shape index (κ1) is 15.7. The van der Waals surface area contributed by atoms with Crippen LogP contribution in [-0.2, 0) is 0 Å². The van der Waals surface area contributed by atoms with Gasteiger partial charge in [-0.3, -0.25) is 4.79 Å². The number of carbonyl (C=O) groups excluding carboxylic acids is 1. The van der Waals surface area contributed by atoms with Gasteiger partial charge in [-0.1, -0.05) is 25.1 Å². The molecule has 0 saturated heterocycles. The van der Waals surface area contributed by atoms with Crippen molar-refractivity contribution in [3.8, 4) is 11.3 Å². The summed E-state index contributed by atoms with van der Waals surface area (Å²) in [6.45, 7) is 2.08. The molecular weight excluding hydrogens is 326 g/mol. The number of nitrogens with zero attached hydrogens (tertiary/aromatic N) is 2. The van der Waals surface area contributed by atoms with Gasteiger partial charge in [0.1, 0.15) is 5.03 Å². The summed E-state index contributed by atoms with van der Waals surface area (Å²) < 4.78 is 0. The molecule has 0 spiro atoms. The first-order chi connectivity index (χ1) is 11.3. The second-order valence-corrected chi connectivity index (χ2v) is 6.93. The van der Waals surface area contributed by atoms with Crippen LogP contribution in [0.1, 0.15) is 16.6 Å². The summed E-state index contributed by atoms with van der Waals surface area (Å²) in [6, 6.07) is 15.2. The monoisotopic (exact) mass is 341 g/mol. The number of hydrogen-bond donors (Lipinski definition) is 1. The third-order valence-corrected chi connectivity index (χ3v) is 4.76. The number of thiophene rings is 1. The van der Waals surface area contributed by atoms with Crippen LogP contribution in [0.2, 0.25) is 0 Å². The Bertz CT molecular complexity index is 786. The average molecular weight is 341 g/mol. The van der Waals surface area contributed by atoms with E-state index in [-0.39, 0.29) is 5.91 Å². The fraction of sp³-hybridized carbons (Fsp3) is 0.118. The zero-order chi connectivity index (χ0) is 16.1. The molecular formula is C17H15N3OS2. The lowest BCUT2D eigenvalue weighted by Gasteiger charge is -2.06. The lowest BCUT2D eigenvalue weighted by Crippen LogP contribution is -2.09. The number of anilines is 1. The van der Waals surface area contributed by atoms with E-state index >= 15 is 0 Å². The molecule has 0 bridgehead atoms. The molecule has 4 nitrogen and oxygen atoms in total. The van der Waals surface area contributed by atoms with E-state index in [4.69, 9.17) is 0 Å². The first-order valence-electron chi connectivity index (χ1n) is 7.18. The fourth-order valence-corrected chi connectivity index (χ4v) is 3.23. The van der Waals surface area contributed by atoms with Gasteiger partial charge in [-0.2, -0.15) is 0 Å². The second kappa shape index (κ2) is 7.39. The van der Waals surface area contributed by atoms with Gasteiger partial charge in [0, 0.05) is 11.3 Å². The molecule has 1 N–H and O–H groups in total. The maximum Gasteiger partial charge on any atom is 0.265 e. The number of amides is 1. The topological polar surface area (TPSA) is 54.9 Å². The third kappa shape index (κ3) is 3.97. The lowest BCUT2D eigenvalue weighted by molar-refractivity contribution is 0.103. The molecule has 1 amide bonds. The summed E-state index contributed by atoms with van der Waals surface area (Å²) in [6.07, 6.45) is 0. The summed E-state index contributed by atoms with van der Waals surface area (Å²) in [5, 5.41) is 14.2. The molecule has 116 valence electrons. The molecule has 1 aromatic carbocycles. The quantitative estimate of drug-likeness (QED) is 0.691. The van der Waals surface area contributed by atoms with Gasteiger partial charge in [0.2, 0.25) is 0 Å². The molecule has 0 aliphatic heterocycles. The van der Waals surface area contributed by atoms with Crippen molar-refractivity contribution < 1.29 is 4.79 Å². The SMILES string of the molecule is CCSc1ccc(-c2cccc(NC(=O)c3cccs3)c2)nn1. The number of thioether (sulfide) groups is 1. The summed E-state index contributed by atoms with van der Waals surface area (Å²) in [5.74, 6) is 0.871. The summed E-state index contributed by atoms with van der Waals surface area (Å²) in [5.41, 5.74) is 2.46. The Kier molecular flexibility index (Phi) is 5.05. The van der Waals surface area contributed by atoms with Crippen molar-refractivity contribution in [2.75, 3.05) is 11.1 Å². The van der Waals surface area contributed by atoms with Crippen molar-refractivity contribution in [1.29, 1.82) is 0 Å². The van der Waals surface area contributed by atoms with Gasteiger partial charge in [-0.25, -0.2) is 0 Å². The summed E-state index contributed by atoms with van der Waals surface area (Å²) >= 11 is 3.08. The predicted octanol–water partition coefficient (Wildman–Crippen LogP) is 4.57. The van der Waals surface area contributed by atoms with Crippen LogP contribution in [-0.4, -0.2) is 21.9 Å². The van der Waals surface area contributed by atoms with Crippen LogP contribution in [0.15, 0.2) is 58.9 Å². The molecule has 3 aromatic rings. The molecule has 6 heteroatoms. The van der Waals surface area contributed by atoms with E-state index in [0.29, 0.717) is 4.88 Å². The standard InChI is InChI=1S/C17H15N3OS2/c1-2-22-16-9-8-14(19-20-16)12-5-3-6-13(11-12)18-17(21)15-7-4-10-23-15/h3-11H,2H2,1H3,(H,18,21). The molecule has 0 atom stereocenters. The largest absolute Gasteiger partial charge is 0.321 e. The highest BCUT2D eigenvalue weighted by Crippen LogP contribution is 2.23. The lowest BCUT2D eigenvalue weighted by atomic mass is 10.1. The number of rotatable bonds is 5. The number of aromatic nitrogens is 2. The van der Waals surface area contributed by atoms with E-state index in [1.165, 1.54) is 11.3 Å². The van der Waals surface area contributed by atoms with Crippen LogP contribution >= 0.6 is 23.1 Å². The van der Waals surface area contributed by atoms with E-state index < -0.39 is 0 Å². The van der Waals surface area contributed by atoms with Gasteiger partial charge < -0.3 is 5.32 Å². The van der Waals surface area contributed by atoms with Crippen LogP contribution in [0, 0.1) is 0 Å². The predicted molar refractivity (Wildman–Crippen MR) is 96.1 cm³/mol. The molecule has 0 aliphatic rings. The van der Waals surface area contributed by atoms with E-state index in [1.54, 1.807) is 17.8 Å². The summed E-state index contributed by atoms with van der Waals surface area (Å²) in [4.78, 5) is 12.8. The molecule has 3 rings (SSSR count). The van der Waals surface area contributed by atoms with Gasteiger partial charge in [0.05, 0.1) is 10.6 Å². The Balaban J connectivity index is 1.78. The molecule has 0 aliphatic carbocycles. The van der Waals surface area contributed by atoms with Gasteiger partial charge in [0.15, 0.2) is 0 Å². The van der Waals surface area contributed by atoms with Crippen LogP contribution in [0.5, 0.6) is 0 Å². The average Bonchev–Trinajstić information content (AvgIpc) is 3.11. The third-order valence-electron chi connectivity index (χ3n) is 3.09. The first-order valence-corrected chi connectivity index (χ1v) is 9.04. The fourth-order valence-electron chi connectivity index (χ4n) is 2.06. The highest BCUT2D eigenvalue weighted by Gasteiger charge is 2.08. The Morgan fingerprint density at radius 2 is 2.09 bits per heavy atom. The van der Waals surface area contributed by atoms with Gasteiger partial charge in [-0.15, -0.1) is 33.3 Å². The molecule has 0 unspecified atom stereocenters. The molecule has 2 heterocycles. The van der Waals surface area contributed by atoms with E-state index in [0.717, 1.165) is 27.7 Å². The van der Waals surface area contributed by atoms with Crippen molar-refractivity contribution in [3.63, 3.8) is 0 Å². The Morgan fingerprint density at radius 1 is 1.17 bits per heavy atom. The number of benzene rings is 1. The van der Waals surface area contributed by atoms with Crippen molar-refractivity contribution in [2.45, 2.75) is 11.9 Å². The van der Waals surface area contributed by atoms with Crippen LogP contribution < -0.4 is 5.32 Å². The van der Waals surface area contributed by atoms with Gasteiger partial charge in [-0.05, 0) is 41.5 Å². The summed E-state index contributed by atoms with van der Waals surface area (Å²) in [7, 11) is 0. The van der Waals surface area contributed by atoms with E-state index in [1.807, 2.05) is 47.8 Å². The minimum atomic E-state index is -0.0991. The van der Waals surface area contributed by atoms with Crippen molar-refractivity contribution in [1.82, 2.24) is 10.2 Å². The minimum absolute atomic E-state index is 0.0991. The van der Waals surface area contributed by atoms with E-state index in [9.17, 15) is 4.79 Å². The molecule has 0 fully saturated rings. The zero-order valence-electron chi connectivity index (χ0n) is 12.5. The minimum Gasteiger partial charge on any atom is -0.321 e. The molecule has 0 saturated carbocycles. The Labute approximate surface area is 143 Å². The highest BCUT2D eigenvalue weighted by molar-refractivity contribution is 7.99. The van der Waals surface area contributed by atoms with Crippen LogP contribution in [0.3, 0.4) is 0 Å². The normalized spacial score (nSPS) is 10.5. The highest BCUT2D eigenvalue weighted by atomic mass is 32.2. The van der Waals surface area contributed by atoms with Crippen molar-refractivity contribution >= 4 is 34.7 Å². The van der Waals surface area contributed by atoms with Crippen molar-refractivity contribution in [3.05, 3.63) is 58.8 Å². The van der Waals surface area contributed by atoms with Gasteiger partial charge in [0.25, 0.3) is 5.91 Å². The Hall–Kier alpha value is -2.18. The smallest absolute Gasteiger partial charge is 0.265 e. The van der Waals surface area contributed by atoms with Crippen LogP contribution in [0.25, 0.3) is 11.3 Å². The van der Waals surface area contributed by atoms with Crippen molar-refractivity contribution in [2.24, 2.45) is 0 Å². The molecule has 0 radical (unpaired) electrons. The van der Waals surface area contributed by atoms with E-state index in [2.05, 4.69) is 22.4 Å². The second-order valence-electron chi connectivity index (χ2n) is 4.70. The maximum atomic E-state index is 12.1. The zero-order valence-corrected chi connectivity index (χ0v) is 14.2. The number of hydrogen-bond acceptors (Lipinski definition) is 5. The maximum absolute atomic E-state index is 12.1. The number of carbonyl (C=O) groups is 1. The molecule has 2 aromatic heterocycles. The molecule has 23 heavy (non-hydrogen) atoms. The van der Waals surface area contributed by atoms with Gasteiger partial charge >= 0.3 is 0 Å².